The number of nitrogens with one attached hydrogen (secondary N) is 1. The van der Waals surface area contributed by atoms with E-state index in [4.69, 9.17) is 4.74 Å². The van der Waals surface area contributed by atoms with E-state index >= 15 is 0 Å². The summed E-state index contributed by atoms with van der Waals surface area (Å²) in [6, 6.07) is 0. The highest BCUT2D eigenvalue weighted by molar-refractivity contribution is 4.78. The predicted octanol–water partition coefficient (Wildman–Crippen LogP) is 2.52. The summed E-state index contributed by atoms with van der Waals surface area (Å²) < 4.78 is 42.7. The molecule has 1 aliphatic rings. The van der Waals surface area contributed by atoms with E-state index in [-0.39, 0.29) is 0 Å². The lowest BCUT2D eigenvalue weighted by molar-refractivity contribution is -0.184. The quantitative estimate of drug-likeness (QED) is 0.697. The van der Waals surface area contributed by atoms with Crippen LogP contribution < -0.4 is 5.32 Å². The van der Waals surface area contributed by atoms with Gasteiger partial charge in [0.15, 0.2) is 0 Å². The maximum atomic E-state index is 12.6. The first-order valence-corrected chi connectivity index (χ1v) is 7.38. The number of nitrogens with zero attached hydrogens (tertiary/aromatic N) is 1. The Hall–Kier alpha value is -0.330. The molecule has 6 heteroatoms. The standard InChI is InChI=1S/C14H27F3N2O/c1-19(9-7-18-8-10-20-2)11-12-3-5-13(6-4-12)14(15,16)17/h12-13,18H,3-11H2,1-2H3. The first-order valence-electron chi connectivity index (χ1n) is 7.38. The number of alkyl halides is 3. The highest BCUT2D eigenvalue weighted by Gasteiger charge is 2.41. The van der Waals surface area contributed by atoms with Crippen molar-refractivity contribution >= 4 is 0 Å². The van der Waals surface area contributed by atoms with Crippen LogP contribution >= 0.6 is 0 Å². The lowest BCUT2D eigenvalue weighted by atomic mass is 9.81. The zero-order chi connectivity index (χ0) is 15.0. The molecule has 0 radical (unpaired) electrons. The van der Waals surface area contributed by atoms with Gasteiger partial charge >= 0.3 is 6.18 Å². The third-order valence-electron chi connectivity index (χ3n) is 4.03. The highest BCUT2D eigenvalue weighted by atomic mass is 19.4. The molecule has 0 aromatic heterocycles. The van der Waals surface area contributed by atoms with Crippen LogP contribution in [-0.2, 0) is 4.74 Å². The molecule has 0 spiro atoms. The zero-order valence-corrected chi connectivity index (χ0v) is 12.5. The van der Waals surface area contributed by atoms with Crippen molar-refractivity contribution in [2.24, 2.45) is 11.8 Å². The molecule has 1 fully saturated rings. The average molecular weight is 296 g/mol. The van der Waals surface area contributed by atoms with Gasteiger partial charge in [-0.2, -0.15) is 13.2 Å². The van der Waals surface area contributed by atoms with Crippen molar-refractivity contribution in [2.45, 2.75) is 31.9 Å². The van der Waals surface area contributed by atoms with Gasteiger partial charge in [0.1, 0.15) is 0 Å². The van der Waals surface area contributed by atoms with E-state index in [9.17, 15) is 13.2 Å². The Bertz CT molecular complexity index is 253. The van der Waals surface area contributed by atoms with E-state index in [2.05, 4.69) is 10.2 Å². The topological polar surface area (TPSA) is 24.5 Å². The summed E-state index contributed by atoms with van der Waals surface area (Å²) in [6.45, 7) is 4.24. The summed E-state index contributed by atoms with van der Waals surface area (Å²) in [6.07, 6.45) is -2.00. The fraction of sp³-hybridized carbons (Fsp3) is 1.00. The van der Waals surface area contributed by atoms with Crippen molar-refractivity contribution in [3.63, 3.8) is 0 Å². The van der Waals surface area contributed by atoms with Gasteiger partial charge in [-0.15, -0.1) is 0 Å². The molecular formula is C14H27F3N2O. The molecule has 1 rings (SSSR count). The van der Waals surface area contributed by atoms with E-state index in [0.29, 0.717) is 38.2 Å². The van der Waals surface area contributed by atoms with Crippen LogP contribution in [0.2, 0.25) is 0 Å². The lowest BCUT2D eigenvalue weighted by Gasteiger charge is -2.32. The maximum absolute atomic E-state index is 12.6. The second kappa shape index (κ2) is 8.85. The van der Waals surface area contributed by atoms with Crippen LogP contribution in [0.5, 0.6) is 0 Å². The second-order valence-corrected chi connectivity index (χ2v) is 5.76. The van der Waals surface area contributed by atoms with Crippen molar-refractivity contribution < 1.29 is 17.9 Å². The van der Waals surface area contributed by atoms with Crippen LogP contribution in [0.15, 0.2) is 0 Å². The van der Waals surface area contributed by atoms with E-state index < -0.39 is 12.1 Å². The van der Waals surface area contributed by atoms with Crippen molar-refractivity contribution in [1.82, 2.24) is 10.2 Å². The molecule has 3 nitrogen and oxygen atoms in total. The summed E-state index contributed by atoms with van der Waals surface area (Å²) in [7, 11) is 3.71. The molecule has 0 aromatic rings. The first-order chi connectivity index (χ1) is 9.43. The molecule has 0 atom stereocenters. The van der Waals surface area contributed by atoms with E-state index in [1.54, 1.807) is 7.11 Å². The van der Waals surface area contributed by atoms with Gasteiger partial charge in [-0.05, 0) is 38.6 Å². The number of ether oxygens (including phenoxy) is 1. The Balaban J connectivity index is 2.10. The minimum Gasteiger partial charge on any atom is -0.383 e. The van der Waals surface area contributed by atoms with Crippen LogP contribution in [0, 0.1) is 11.8 Å². The molecular weight excluding hydrogens is 269 g/mol. The molecule has 0 heterocycles. The highest BCUT2D eigenvalue weighted by Crippen LogP contribution is 2.39. The molecule has 0 bridgehead atoms. The molecule has 0 saturated heterocycles. The Morgan fingerprint density at radius 3 is 2.35 bits per heavy atom. The Morgan fingerprint density at radius 2 is 1.80 bits per heavy atom. The number of hydrogen-bond acceptors (Lipinski definition) is 3. The summed E-state index contributed by atoms with van der Waals surface area (Å²) in [4.78, 5) is 2.21. The van der Waals surface area contributed by atoms with Crippen LogP contribution in [0.25, 0.3) is 0 Å². The van der Waals surface area contributed by atoms with Gasteiger partial charge < -0.3 is 15.0 Å². The second-order valence-electron chi connectivity index (χ2n) is 5.76. The van der Waals surface area contributed by atoms with Gasteiger partial charge in [0.2, 0.25) is 0 Å². The van der Waals surface area contributed by atoms with Gasteiger partial charge in [0, 0.05) is 33.3 Å². The third-order valence-corrected chi connectivity index (χ3v) is 4.03. The molecule has 0 unspecified atom stereocenters. The predicted molar refractivity (Wildman–Crippen MR) is 73.7 cm³/mol. The lowest BCUT2D eigenvalue weighted by Crippen LogP contribution is -2.36. The smallest absolute Gasteiger partial charge is 0.383 e. The number of likely N-dealkylation sites (N-methyl/N-ethyl adjacent to an activating group) is 1. The summed E-state index contributed by atoms with van der Waals surface area (Å²) >= 11 is 0. The van der Waals surface area contributed by atoms with Crippen LogP contribution in [0.3, 0.4) is 0 Å². The van der Waals surface area contributed by atoms with Gasteiger partial charge in [0.25, 0.3) is 0 Å². The van der Waals surface area contributed by atoms with Crippen molar-refractivity contribution in [3.8, 4) is 0 Å². The molecule has 20 heavy (non-hydrogen) atoms. The fourth-order valence-electron chi connectivity index (χ4n) is 2.77. The SMILES string of the molecule is COCCNCCN(C)CC1CCC(C(F)(F)F)CC1. The Labute approximate surface area is 119 Å². The monoisotopic (exact) mass is 296 g/mol. The molecule has 0 amide bonds. The summed E-state index contributed by atoms with van der Waals surface area (Å²) in [5, 5.41) is 3.27. The van der Waals surface area contributed by atoms with E-state index in [1.165, 1.54) is 0 Å². The molecule has 0 aromatic carbocycles. The summed E-state index contributed by atoms with van der Waals surface area (Å²) in [5.74, 6) is -0.655. The number of hydrogen-bond donors (Lipinski definition) is 1. The average Bonchev–Trinajstić information content (AvgIpc) is 2.38. The zero-order valence-electron chi connectivity index (χ0n) is 12.5. The molecule has 1 aliphatic carbocycles. The van der Waals surface area contributed by atoms with E-state index in [1.807, 2.05) is 7.05 Å². The number of methoxy groups -OCH3 is 1. The van der Waals surface area contributed by atoms with Crippen LogP contribution in [-0.4, -0.2) is 58.0 Å². The van der Waals surface area contributed by atoms with Gasteiger partial charge in [-0.1, -0.05) is 0 Å². The summed E-state index contributed by atoms with van der Waals surface area (Å²) in [5.41, 5.74) is 0. The minimum atomic E-state index is -4.00. The Kier molecular flexibility index (Phi) is 7.84. The van der Waals surface area contributed by atoms with Crippen molar-refractivity contribution in [2.75, 3.05) is 46.9 Å². The molecule has 1 N–H and O–H groups in total. The molecule has 1 saturated carbocycles. The first kappa shape index (κ1) is 17.7. The number of rotatable bonds is 8. The Morgan fingerprint density at radius 1 is 1.15 bits per heavy atom. The van der Waals surface area contributed by atoms with Crippen LogP contribution in [0.1, 0.15) is 25.7 Å². The van der Waals surface area contributed by atoms with Crippen molar-refractivity contribution in [1.29, 1.82) is 0 Å². The maximum Gasteiger partial charge on any atom is 0.391 e. The molecule has 0 aliphatic heterocycles. The largest absolute Gasteiger partial charge is 0.391 e. The van der Waals surface area contributed by atoms with Gasteiger partial charge in [-0.25, -0.2) is 0 Å². The third kappa shape index (κ3) is 6.90. The molecule has 120 valence electrons. The van der Waals surface area contributed by atoms with Crippen LogP contribution in [0.4, 0.5) is 13.2 Å². The minimum absolute atomic E-state index is 0.300. The van der Waals surface area contributed by atoms with E-state index in [0.717, 1.165) is 26.2 Å². The fourth-order valence-corrected chi connectivity index (χ4v) is 2.77. The normalized spacial score (nSPS) is 24.3. The van der Waals surface area contributed by atoms with Gasteiger partial charge in [0.05, 0.1) is 12.5 Å². The number of halogens is 3. The van der Waals surface area contributed by atoms with Gasteiger partial charge in [-0.3, -0.25) is 0 Å². The van der Waals surface area contributed by atoms with Crippen molar-refractivity contribution in [3.05, 3.63) is 0 Å².